The molecule has 0 radical (unpaired) electrons. The Bertz CT molecular complexity index is 1440. The molecule has 3 aromatic rings. The first-order valence-corrected chi connectivity index (χ1v) is 14.0. The van der Waals surface area contributed by atoms with Crippen molar-refractivity contribution in [3.63, 3.8) is 0 Å². The molecular formula is C31H34N4O5. The minimum absolute atomic E-state index is 0.0163. The Labute approximate surface area is 233 Å². The maximum atomic E-state index is 13.3. The van der Waals surface area contributed by atoms with Crippen molar-refractivity contribution in [1.29, 1.82) is 0 Å². The monoisotopic (exact) mass is 542 g/mol. The number of aromatic nitrogens is 1. The van der Waals surface area contributed by atoms with Crippen molar-refractivity contribution in [2.24, 2.45) is 5.92 Å². The molecule has 3 amide bonds. The number of hydrogen-bond acceptors (Lipinski definition) is 6. The number of amides is 3. The lowest BCUT2D eigenvalue weighted by molar-refractivity contribution is -0.134. The van der Waals surface area contributed by atoms with Gasteiger partial charge in [-0.25, -0.2) is 4.98 Å². The van der Waals surface area contributed by atoms with Crippen LogP contribution in [0.2, 0.25) is 0 Å². The first-order valence-electron chi connectivity index (χ1n) is 14.0. The molecular weight excluding hydrogens is 508 g/mol. The van der Waals surface area contributed by atoms with Gasteiger partial charge in [-0.1, -0.05) is 35.9 Å². The Kier molecular flexibility index (Phi) is 7.04. The van der Waals surface area contributed by atoms with Crippen molar-refractivity contribution >= 4 is 17.7 Å². The van der Waals surface area contributed by atoms with Gasteiger partial charge in [-0.05, 0) is 55.0 Å². The molecule has 40 heavy (non-hydrogen) atoms. The Morgan fingerprint density at radius 1 is 1.00 bits per heavy atom. The van der Waals surface area contributed by atoms with E-state index in [4.69, 9.17) is 9.15 Å². The molecule has 208 valence electrons. The predicted octanol–water partition coefficient (Wildman–Crippen LogP) is 3.75. The Morgan fingerprint density at radius 3 is 2.50 bits per heavy atom. The van der Waals surface area contributed by atoms with Crippen molar-refractivity contribution in [3.05, 3.63) is 82.6 Å². The molecule has 2 aliphatic heterocycles. The van der Waals surface area contributed by atoms with Crippen molar-refractivity contribution < 1.29 is 23.5 Å². The second-order valence-corrected chi connectivity index (χ2v) is 10.9. The van der Waals surface area contributed by atoms with Crippen LogP contribution >= 0.6 is 0 Å². The molecule has 9 heteroatoms. The van der Waals surface area contributed by atoms with Gasteiger partial charge in [0.2, 0.25) is 17.7 Å². The molecule has 1 unspecified atom stereocenters. The first kappa shape index (κ1) is 26.1. The zero-order valence-electron chi connectivity index (χ0n) is 23.0. The number of carbonyl (C=O) groups is 3. The van der Waals surface area contributed by atoms with Crippen LogP contribution in [0.25, 0.3) is 0 Å². The molecule has 1 atom stereocenters. The van der Waals surface area contributed by atoms with Gasteiger partial charge in [0.1, 0.15) is 12.0 Å². The third kappa shape index (κ3) is 5.33. The van der Waals surface area contributed by atoms with Crippen LogP contribution in [-0.2, 0) is 22.6 Å². The summed E-state index contributed by atoms with van der Waals surface area (Å²) < 4.78 is 11.6. The Morgan fingerprint density at radius 2 is 1.77 bits per heavy atom. The molecule has 3 aliphatic rings. The number of ether oxygens (including phenoxy) is 1. The van der Waals surface area contributed by atoms with Crippen molar-refractivity contribution in [2.75, 3.05) is 32.7 Å². The van der Waals surface area contributed by atoms with Gasteiger partial charge < -0.3 is 23.9 Å². The van der Waals surface area contributed by atoms with Crippen LogP contribution in [0.3, 0.4) is 0 Å². The lowest BCUT2D eigenvalue weighted by atomic mass is 9.87. The van der Waals surface area contributed by atoms with Crippen LogP contribution in [0, 0.1) is 12.8 Å². The summed E-state index contributed by atoms with van der Waals surface area (Å²) in [5.74, 6) is 1.15. The number of rotatable bonds is 6. The van der Waals surface area contributed by atoms with E-state index in [9.17, 15) is 14.4 Å². The zero-order valence-corrected chi connectivity index (χ0v) is 23.0. The Hall–Kier alpha value is -4.14. The van der Waals surface area contributed by atoms with Crippen LogP contribution in [0.4, 0.5) is 0 Å². The van der Waals surface area contributed by atoms with E-state index in [1.807, 2.05) is 23.1 Å². The van der Waals surface area contributed by atoms with E-state index in [0.717, 1.165) is 36.0 Å². The second-order valence-electron chi connectivity index (χ2n) is 10.9. The van der Waals surface area contributed by atoms with Crippen LogP contribution in [0.5, 0.6) is 5.75 Å². The summed E-state index contributed by atoms with van der Waals surface area (Å²) in [6.45, 7) is 6.35. The predicted molar refractivity (Wildman–Crippen MR) is 147 cm³/mol. The highest BCUT2D eigenvalue weighted by Crippen LogP contribution is 2.41. The molecule has 0 bridgehead atoms. The van der Waals surface area contributed by atoms with Crippen LogP contribution in [-0.4, -0.2) is 70.1 Å². The maximum Gasteiger partial charge on any atom is 0.275 e. The van der Waals surface area contributed by atoms with E-state index < -0.39 is 0 Å². The molecule has 1 saturated heterocycles. The first-order chi connectivity index (χ1) is 19.4. The summed E-state index contributed by atoms with van der Waals surface area (Å²) in [6.07, 6.45) is 4.12. The van der Waals surface area contributed by atoms with Crippen molar-refractivity contribution in [1.82, 2.24) is 19.7 Å². The summed E-state index contributed by atoms with van der Waals surface area (Å²) in [4.78, 5) is 47.5. The third-order valence-corrected chi connectivity index (χ3v) is 8.06. The van der Waals surface area contributed by atoms with Gasteiger partial charge in [-0.2, -0.15) is 0 Å². The van der Waals surface area contributed by atoms with Crippen LogP contribution in [0.15, 0.2) is 53.1 Å². The van der Waals surface area contributed by atoms with Gasteiger partial charge in [0.25, 0.3) is 5.91 Å². The van der Waals surface area contributed by atoms with Crippen LogP contribution in [0.1, 0.15) is 64.4 Å². The smallest absolute Gasteiger partial charge is 0.275 e. The lowest BCUT2D eigenvalue weighted by Gasteiger charge is -2.38. The molecule has 2 aromatic carbocycles. The zero-order chi connectivity index (χ0) is 27.8. The third-order valence-electron chi connectivity index (χ3n) is 8.06. The van der Waals surface area contributed by atoms with E-state index in [1.165, 1.54) is 18.8 Å². The van der Waals surface area contributed by atoms with E-state index >= 15 is 0 Å². The molecule has 3 heterocycles. The van der Waals surface area contributed by atoms with E-state index in [1.54, 1.807) is 9.80 Å². The van der Waals surface area contributed by atoms with Gasteiger partial charge in [0.15, 0.2) is 12.3 Å². The highest BCUT2D eigenvalue weighted by Gasteiger charge is 2.39. The quantitative estimate of drug-likeness (QED) is 0.471. The molecule has 6 rings (SSSR count). The molecule has 0 N–H and O–H groups in total. The number of carbonyl (C=O) groups excluding carboxylic acids is 3. The lowest BCUT2D eigenvalue weighted by Crippen LogP contribution is -2.50. The number of benzene rings is 2. The van der Waals surface area contributed by atoms with Gasteiger partial charge >= 0.3 is 0 Å². The standard InChI is InChI=1S/C31H34N4O5/c1-20-4-3-5-24(16-20)29-26-17-25(9-8-22(26)10-11-35(29)30(37)23-6-7-23)39-19-28-32-27(18-40-28)31(38)34-14-12-33(13-15-34)21(2)36/h3-5,8-9,16-18,23,29H,6-7,10-15,19H2,1-2H3. The van der Waals surface area contributed by atoms with Gasteiger partial charge in [-0.15, -0.1) is 0 Å². The van der Waals surface area contributed by atoms with Crippen molar-refractivity contribution in [3.8, 4) is 5.75 Å². The van der Waals surface area contributed by atoms with Crippen molar-refractivity contribution in [2.45, 2.75) is 45.8 Å². The van der Waals surface area contributed by atoms with E-state index in [0.29, 0.717) is 44.4 Å². The molecule has 1 aromatic heterocycles. The van der Waals surface area contributed by atoms with Crippen LogP contribution < -0.4 is 4.74 Å². The van der Waals surface area contributed by atoms with E-state index in [-0.39, 0.29) is 42.0 Å². The second kappa shape index (κ2) is 10.8. The SMILES string of the molecule is CC(=O)N1CCN(C(=O)c2coc(COc3ccc4c(c3)C(c3cccc(C)c3)N(C(=O)C3CC3)CC4)n2)CC1. The topological polar surface area (TPSA) is 96.2 Å². The largest absolute Gasteiger partial charge is 0.484 e. The van der Waals surface area contributed by atoms with Gasteiger partial charge in [0.05, 0.1) is 6.04 Å². The highest BCUT2D eigenvalue weighted by atomic mass is 16.5. The fourth-order valence-corrected chi connectivity index (χ4v) is 5.69. The molecule has 1 aliphatic carbocycles. The van der Waals surface area contributed by atoms with Gasteiger partial charge in [0, 0.05) is 45.6 Å². The summed E-state index contributed by atoms with van der Waals surface area (Å²) in [6, 6.07) is 14.3. The normalized spacial score (nSPS) is 18.9. The number of hydrogen-bond donors (Lipinski definition) is 0. The van der Waals surface area contributed by atoms with E-state index in [2.05, 4.69) is 36.2 Å². The molecule has 0 spiro atoms. The fourth-order valence-electron chi connectivity index (χ4n) is 5.69. The molecule has 2 fully saturated rings. The molecule has 1 saturated carbocycles. The fraction of sp³-hybridized carbons (Fsp3) is 0.419. The number of piperazine rings is 1. The summed E-state index contributed by atoms with van der Waals surface area (Å²) in [5, 5.41) is 0. The average Bonchev–Trinajstić information content (AvgIpc) is 3.72. The number of nitrogens with zero attached hydrogens (tertiary/aromatic N) is 4. The number of fused-ring (bicyclic) bond motifs is 1. The van der Waals surface area contributed by atoms with Gasteiger partial charge in [-0.3, -0.25) is 14.4 Å². The molecule has 9 nitrogen and oxygen atoms in total. The summed E-state index contributed by atoms with van der Waals surface area (Å²) in [7, 11) is 0. The number of oxazole rings is 1. The summed E-state index contributed by atoms with van der Waals surface area (Å²) >= 11 is 0. The summed E-state index contributed by atoms with van der Waals surface area (Å²) in [5.41, 5.74) is 4.79. The minimum Gasteiger partial charge on any atom is -0.484 e. The Balaban J connectivity index is 1.17. The highest BCUT2D eigenvalue weighted by molar-refractivity contribution is 5.92. The maximum absolute atomic E-state index is 13.3. The average molecular weight is 543 g/mol. The number of aryl methyl sites for hydroxylation is 1. The minimum atomic E-state index is -0.214.